The number of aromatic nitrogens is 4. The van der Waals surface area contributed by atoms with Gasteiger partial charge < -0.3 is 9.88 Å². The smallest absolute Gasteiger partial charge is 0.207 e. The highest BCUT2D eigenvalue weighted by Gasteiger charge is 2.06. The normalized spacial score (nSPS) is 10.7. The molecule has 5 nitrogen and oxygen atoms in total. The van der Waals surface area contributed by atoms with Crippen LogP contribution in [0.4, 0.5) is 11.6 Å². The molecule has 0 amide bonds. The van der Waals surface area contributed by atoms with E-state index in [1.165, 1.54) is 0 Å². The van der Waals surface area contributed by atoms with Gasteiger partial charge in [0.25, 0.3) is 0 Å². The van der Waals surface area contributed by atoms with E-state index in [1.807, 2.05) is 32.6 Å². The molecule has 0 spiro atoms. The second-order valence-corrected chi connectivity index (χ2v) is 3.87. The summed E-state index contributed by atoms with van der Waals surface area (Å²) in [6.45, 7) is 5.11. The van der Waals surface area contributed by atoms with Gasteiger partial charge >= 0.3 is 0 Å². The van der Waals surface area contributed by atoms with Crippen molar-refractivity contribution in [2.75, 3.05) is 5.32 Å². The fraction of sp³-hybridized carbons (Fsp3) is 0.455. The van der Waals surface area contributed by atoms with Crippen molar-refractivity contribution in [1.82, 2.24) is 19.3 Å². The van der Waals surface area contributed by atoms with Gasteiger partial charge in [-0.2, -0.15) is 5.10 Å². The lowest BCUT2D eigenvalue weighted by molar-refractivity contribution is 0.686. The van der Waals surface area contributed by atoms with Crippen LogP contribution in [0.5, 0.6) is 0 Å². The number of rotatable bonds is 4. The Morgan fingerprint density at radius 2 is 2.25 bits per heavy atom. The average Bonchev–Trinajstić information content (AvgIpc) is 2.77. The summed E-state index contributed by atoms with van der Waals surface area (Å²) >= 11 is 0. The Kier molecular flexibility index (Phi) is 2.94. The summed E-state index contributed by atoms with van der Waals surface area (Å²) in [6.07, 6.45) is 6.85. The Labute approximate surface area is 95.1 Å². The van der Waals surface area contributed by atoms with E-state index in [1.54, 1.807) is 4.68 Å². The van der Waals surface area contributed by atoms with Gasteiger partial charge in [0.2, 0.25) is 5.95 Å². The van der Waals surface area contributed by atoms with Crippen LogP contribution in [-0.2, 0) is 13.6 Å². The second-order valence-electron chi connectivity index (χ2n) is 3.87. The first-order chi connectivity index (χ1) is 7.70. The van der Waals surface area contributed by atoms with Gasteiger partial charge in [0.15, 0.2) is 0 Å². The van der Waals surface area contributed by atoms with Crippen LogP contribution >= 0.6 is 0 Å². The number of aryl methyl sites for hydroxylation is 3. The van der Waals surface area contributed by atoms with Gasteiger partial charge in [-0.25, -0.2) is 4.98 Å². The highest BCUT2D eigenvalue weighted by atomic mass is 15.3. The summed E-state index contributed by atoms with van der Waals surface area (Å²) in [5.74, 6) is 0.873. The van der Waals surface area contributed by atoms with Crippen LogP contribution < -0.4 is 5.32 Å². The van der Waals surface area contributed by atoms with Crippen molar-refractivity contribution in [1.29, 1.82) is 0 Å². The van der Waals surface area contributed by atoms with E-state index in [-0.39, 0.29) is 0 Å². The lowest BCUT2D eigenvalue weighted by Gasteiger charge is -2.07. The zero-order valence-electron chi connectivity index (χ0n) is 9.94. The minimum atomic E-state index is 0.873. The lowest BCUT2D eigenvalue weighted by atomic mass is 10.4. The molecular weight excluding hydrogens is 202 g/mol. The molecule has 5 heteroatoms. The minimum Gasteiger partial charge on any atom is -0.323 e. The maximum absolute atomic E-state index is 4.30. The number of hydrogen-bond acceptors (Lipinski definition) is 3. The van der Waals surface area contributed by atoms with Crippen LogP contribution in [0.2, 0.25) is 0 Å². The second kappa shape index (κ2) is 4.38. The van der Waals surface area contributed by atoms with E-state index in [4.69, 9.17) is 0 Å². The van der Waals surface area contributed by atoms with Gasteiger partial charge in [-0.15, -0.1) is 0 Å². The molecule has 2 aromatic heterocycles. The van der Waals surface area contributed by atoms with Crippen LogP contribution in [0.15, 0.2) is 18.6 Å². The topological polar surface area (TPSA) is 47.7 Å². The van der Waals surface area contributed by atoms with Crippen molar-refractivity contribution < 1.29 is 0 Å². The average molecular weight is 219 g/mol. The van der Waals surface area contributed by atoms with E-state index >= 15 is 0 Å². The number of anilines is 2. The highest BCUT2D eigenvalue weighted by Crippen LogP contribution is 2.17. The van der Waals surface area contributed by atoms with Crippen molar-refractivity contribution in [3.8, 4) is 0 Å². The minimum absolute atomic E-state index is 0.873. The van der Waals surface area contributed by atoms with Crippen molar-refractivity contribution in [3.63, 3.8) is 0 Å². The molecule has 0 saturated carbocycles. The van der Waals surface area contributed by atoms with Gasteiger partial charge in [0.05, 0.1) is 11.4 Å². The molecule has 2 aromatic rings. The van der Waals surface area contributed by atoms with Crippen LogP contribution in [0.1, 0.15) is 19.0 Å². The molecule has 2 rings (SSSR count). The van der Waals surface area contributed by atoms with E-state index in [0.717, 1.165) is 30.3 Å². The summed E-state index contributed by atoms with van der Waals surface area (Å²) < 4.78 is 3.90. The Balaban J connectivity index is 2.20. The third kappa shape index (κ3) is 2.08. The van der Waals surface area contributed by atoms with Gasteiger partial charge in [-0.05, 0) is 13.3 Å². The third-order valence-corrected chi connectivity index (χ3v) is 2.44. The van der Waals surface area contributed by atoms with Gasteiger partial charge in [-0.3, -0.25) is 4.68 Å². The van der Waals surface area contributed by atoms with Gasteiger partial charge in [0.1, 0.15) is 0 Å². The lowest BCUT2D eigenvalue weighted by Crippen LogP contribution is -2.02. The SMILES string of the molecule is CCCn1ccnc1Nc1cn(C)nc1C. The third-order valence-electron chi connectivity index (χ3n) is 2.44. The fourth-order valence-electron chi connectivity index (χ4n) is 1.70. The van der Waals surface area contributed by atoms with E-state index < -0.39 is 0 Å². The van der Waals surface area contributed by atoms with Gasteiger partial charge in [-0.1, -0.05) is 6.92 Å². The first-order valence-electron chi connectivity index (χ1n) is 5.49. The molecule has 16 heavy (non-hydrogen) atoms. The number of nitrogens with one attached hydrogen (secondary N) is 1. The summed E-state index contributed by atoms with van der Waals surface area (Å²) in [6, 6.07) is 0. The first-order valence-corrected chi connectivity index (χ1v) is 5.49. The Bertz CT molecular complexity index is 468. The molecule has 0 fully saturated rings. The van der Waals surface area contributed by atoms with E-state index in [0.29, 0.717) is 0 Å². The quantitative estimate of drug-likeness (QED) is 0.856. The maximum atomic E-state index is 4.30. The summed E-state index contributed by atoms with van der Waals surface area (Å²) in [7, 11) is 1.91. The fourth-order valence-corrected chi connectivity index (χ4v) is 1.70. The zero-order chi connectivity index (χ0) is 11.5. The molecule has 0 aromatic carbocycles. The molecule has 0 aliphatic rings. The molecule has 0 unspecified atom stereocenters. The number of hydrogen-bond donors (Lipinski definition) is 1. The summed E-state index contributed by atoms with van der Waals surface area (Å²) in [5.41, 5.74) is 1.99. The van der Waals surface area contributed by atoms with Crippen LogP contribution in [0, 0.1) is 6.92 Å². The van der Waals surface area contributed by atoms with Crippen molar-refractivity contribution in [2.24, 2.45) is 7.05 Å². The monoisotopic (exact) mass is 219 g/mol. The molecular formula is C11H17N5. The molecule has 0 aliphatic carbocycles. The van der Waals surface area contributed by atoms with Crippen molar-refractivity contribution in [3.05, 3.63) is 24.3 Å². The standard InChI is InChI=1S/C11H17N5/c1-4-6-16-7-5-12-11(16)13-10-8-15(3)14-9(10)2/h5,7-8H,4,6H2,1-3H3,(H,12,13). The first kappa shape index (κ1) is 10.7. The zero-order valence-corrected chi connectivity index (χ0v) is 9.94. The molecule has 86 valence electrons. The predicted molar refractivity (Wildman–Crippen MR) is 63.7 cm³/mol. The van der Waals surface area contributed by atoms with Crippen molar-refractivity contribution in [2.45, 2.75) is 26.8 Å². The largest absolute Gasteiger partial charge is 0.323 e. The van der Waals surface area contributed by atoms with Gasteiger partial charge in [0, 0.05) is 32.2 Å². The molecule has 2 heterocycles. The molecule has 0 bridgehead atoms. The molecule has 0 aliphatic heterocycles. The summed E-state index contributed by atoms with van der Waals surface area (Å²) in [4.78, 5) is 4.30. The Hall–Kier alpha value is -1.78. The molecule has 0 atom stereocenters. The number of imidazole rings is 1. The van der Waals surface area contributed by atoms with Crippen LogP contribution in [0.3, 0.4) is 0 Å². The Morgan fingerprint density at radius 1 is 1.44 bits per heavy atom. The van der Waals surface area contributed by atoms with E-state index in [9.17, 15) is 0 Å². The van der Waals surface area contributed by atoms with E-state index in [2.05, 4.69) is 26.9 Å². The van der Waals surface area contributed by atoms with Crippen LogP contribution in [-0.4, -0.2) is 19.3 Å². The molecule has 0 saturated heterocycles. The molecule has 1 N–H and O–H groups in total. The number of nitrogens with zero attached hydrogens (tertiary/aromatic N) is 4. The van der Waals surface area contributed by atoms with Crippen LogP contribution in [0.25, 0.3) is 0 Å². The maximum Gasteiger partial charge on any atom is 0.207 e. The highest BCUT2D eigenvalue weighted by molar-refractivity contribution is 5.55. The predicted octanol–water partition coefficient (Wildman–Crippen LogP) is 2.08. The molecule has 0 radical (unpaired) electrons. The summed E-state index contributed by atoms with van der Waals surface area (Å²) in [5, 5.41) is 7.58. The Morgan fingerprint density at radius 3 is 2.88 bits per heavy atom. The van der Waals surface area contributed by atoms with Crippen molar-refractivity contribution >= 4 is 11.6 Å².